The number of rotatable bonds is 6. The van der Waals surface area contributed by atoms with E-state index < -0.39 is 18.1 Å². The minimum Gasteiger partial charge on any atom is -0.464 e. The summed E-state index contributed by atoms with van der Waals surface area (Å²) in [6.07, 6.45) is 1.24. The molecule has 1 aromatic carbocycles. The van der Waals surface area contributed by atoms with Crippen LogP contribution >= 0.6 is 0 Å². The van der Waals surface area contributed by atoms with E-state index >= 15 is 0 Å². The second kappa shape index (κ2) is 8.38. The third-order valence-electron chi connectivity index (χ3n) is 3.51. The van der Waals surface area contributed by atoms with Crippen molar-refractivity contribution in [2.45, 2.75) is 31.9 Å². The van der Waals surface area contributed by atoms with Gasteiger partial charge in [-0.05, 0) is 18.4 Å². The smallest absolute Gasteiger partial charge is 0.410 e. The van der Waals surface area contributed by atoms with E-state index in [4.69, 9.17) is 14.6 Å². The van der Waals surface area contributed by atoms with E-state index in [9.17, 15) is 9.59 Å². The topological polar surface area (TPSA) is 76.1 Å². The molecule has 0 spiro atoms. The largest absolute Gasteiger partial charge is 0.464 e. The van der Waals surface area contributed by atoms with Gasteiger partial charge < -0.3 is 14.6 Å². The summed E-state index contributed by atoms with van der Waals surface area (Å²) >= 11 is 0. The lowest BCUT2D eigenvalue weighted by Gasteiger charge is -2.22. The molecule has 0 aromatic heterocycles. The Bertz CT molecular complexity index is 491. The number of carbonyl (C=O) groups is 2. The number of ether oxygens (including phenoxy) is 2. The van der Waals surface area contributed by atoms with E-state index in [0.29, 0.717) is 19.4 Å². The molecule has 6 nitrogen and oxygen atoms in total. The summed E-state index contributed by atoms with van der Waals surface area (Å²) in [4.78, 5) is 25.5. The third-order valence-corrected chi connectivity index (χ3v) is 3.51. The fourth-order valence-corrected chi connectivity index (χ4v) is 2.37. The van der Waals surface area contributed by atoms with Crippen LogP contribution in [0.5, 0.6) is 0 Å². The lowest BCUT2D eigenvalue weighted by Crippen LogP contribution is -2.41. The monoisotopic (exact) mass is 307 g/mol. The molecule has 1 aliphatic heterocycles. The molecule has 1 fully saturated rings. The van der Waals surface area contributed by atoms with Crippen molar-refractivity contribution in [3.05, 3.63) is 35.9 Å². The number of hydrogen-bond acceptors (Lipinski definition) is 5. The molecule has 1 aromatic rings. The highest BCUT2D eigenvalue weighted by Gasteiger charge is 2.36. The first-order valence-corrected chi connectivity index (χ1v) is 7.47. The zero-order valence-corrected chi connectivity index (χ0v) is 12.4. The van der Waals surface area contributed by atoms with Crippen molar-refractivity contribution in [3.63, 3.8) is 0 Å². The van der Waals surface area contributed by atoms with E-state index in [2.05, 4.69) is 0 Å². The molecule has 6 heteroatoms. The summed E-state index contributed by atoms with van der Waals surface area (Å²) in [6.45, 7) is 0.815. The predicted molar refractivity (Wildman–Crippen MR) is 79.0 cm³/mol. The molecular formula is C16H21NO5. The number of aliphatic hydroxyl groups excluding tert-OH is 1. The number of carbonyl (C=O) groups excluding carboxylic acids is 2. The Morgan fingerprint density at radius 1 is 1.23 bits per heavy atom. The summed E-state index contributed by atoms with van der Waals surface area (Å²) in [5.41, 5.74) is 0.900. The van der Waals surface area contributed by atoms with Crippen LogP contribution in [0.2, 0.25) is 0 Å². The van der Waals surface area contributed by atoms with Gasteiger partial charge in [0.05, 0.1) is 6.61 Å². The number of amides is 1. The molecule has 0 bridgehead atoms. The van der Waals surface area contributed by atoms with Gasteiger partial charge in [-0.2, -0.15) is 0 Å². The first kappa shape index (κ1) is 16.3. The van der Waals surface area contributed by atoms with Crippen LogP contribution in [0, 0.1) is 0 Å². The van der Waals surface area contributed by atoms with E-state index in [-0.39, 0.29) is 19.8 Å². The van der Waals surface area contributed by atoms with Crippen molar-refractivity contribution in [1.82, 2.24) is 4.90 Å². The van der Waals surface area contributed by atoms with Gasteiger partial charge >= 0.3 is 12.1 Å². The third kappa shape index (κ3) is 4.46. The number of hydrogen-bond donors (Lipinski definition) is 1. The number of esters is 1. The van der Waals surface area contributed by atoms with E-state index in [1.54, 1.807) is 0 Å². The summed E-state index contributed by atoms with van der Waals surface area (Å²) in [5, 5.41) is 8.69. The van der Waals surface area contributed by atoms with Crippen molar-refractivity contribution in [3.8, 4) is 0 Å². The number of benzene rings is 1. The predicted octanol–water partition coefficient (Wildman–Crippen LogP) is 1.71. The Hall–Kier alpha value is -2.08. The molecule has 2 rings (SSSR count). The maximum absolute atomic E-state index is 12.1. The van der Waals surface area contributed by atoms with Gasteiger partial charge in [-0.15, -0.1) is 0 Å². The van der Waals surface area contributed by atoms with Crippen LogP contribution in [0.25, 0.3) is 0 Å². The molecule has 1 atom stereocenters. The van der Waals surface area contributed by atoms with E-state index in [1.165, 1.54) is 4.90 Å². The Morgan fingerprint density at radius 2 is 2.00 bits per heavy atom. The molecule has 1 amide bonds. The molecule has 0 radical (unpaired) electrons. The molecule has 0 saturated carbocycles. The minimum atomic E-state index is -0.582. The lowest BCUT2D eigenvalue weighted by atomic mass is 10.2. The first-order valence-electron chi connectivity index (χ1n) is 7.47. The second-order valence-corrected chi connectivity index (χ2v) is 5.14. The molecule has 1 heterocycles. The molecule has 22 heavy (non-hydrogen) atoms. The van der Waals surface area contributed by atoms with Crippen molar-refractivity contribution < 1.29 is 24.2 Å². The Morgan fingerprint density at radius 3 is 2.73 bits per heavy atom. The normalized spacial score (nSPS) is 17.3. The summed E-state index contributed by atoms with van der Waals surface area (Å²) in [7, 11) is 0. The van der Waals surface area contributed by atoms with E-state index in [1.807, 2.05) is 30.3 Å². The van der Waals surface area contributed by atoms with Crippen LogP contribution in [0.15, 0.2) is 30.3 Å². The SMILES string of the molecule is O=C(OCCCO)[C@H]1CCCN1C(=O)OCc1ccccc1. The number of nitrogens with zero attached hydrogens (tertiary/aromatic N) is 1. The molecular weight excluding hydrogens is 286 g/mol. The number of likely N-dealkylation sites (tertiary alicyclic amines) is 1. The number of aliphatic hydroxyl groups is 1. The highest BCUT2D eigenvalue weighted by Crippen LogP contribution is 2.20. The minimum absolute atomic E-state index is 0.0270. The zero-order chi connectivity index (χ0) is 15.8. The van der Waals surface area contributed by atoms with E-state index in [0.717, 1.165) is 12.0 Å². The van der Waals surface area contributed by atoms with Crippen LogP contribution in [0.4, 0.5) is 4.79 Å². The van der Waals surface area contributed by atoms with Crippen LogP contribution in [-0.4, -0.2) is 47.9 Å². The molecule has 1 aliphatic rings. The van der Waals surface area contributed by atoms with Crippen LogP contribution in [0.1, 0.15) is 24.8 Å². The first-order chi connectivity index (χ1) is 10.7. The van der Waals surface area contributed by atoms with Crippen molar-refractivity contribution >= 4 is 12.1 Å². The fraction of sp³-hybridized carbons (Fsp3) is 0.500. The lowest BCUT2D eigenvalue weighted by molar-refractivity contribution is -0.148. The van der Waals surface area contributed by atoms with Gasteiger partial charge in [0.25, 0.3) is 0 Å². The molecule has 1 N–H and O–H groups in total. The molecule has 0 aliphatic carbocycles. The van der Waals surface area contributed by atoms with Gasteiger partial charge in [0, 0.05) is 19.6 Å². The average molecular weight is 307 g/mol. The molecule has 120 valence electrons. The van der Waals surface area contributed by atoms with Crippen molar-refractivity contribution in [2.75, 3.05) is 19.8 Å². The highest BCUT2D eigenvalue weighted by atomic mass is 16.6. The van der Waals surface area contributed by atoms with Gasteiger partial charge in [0.1, 0.15) is 12.6 Å². The van der Waals surface area contributed by atoms with Gasteiger partial charge in [-0.25, -0.2) is 9.59 Å². The van der Waals surface area contributed by atoms with Gasteiger partial charge in [-0.3, -0.25) is 4.90 Å². The Labute approximate surface area is 129 Å². The summed E-state index contributed by atoms with van der Waals surface area (Å²) in [5.74, 6) is -0.428. The second-order valence-electron chi connectivity index (χ2n) is 5.14. The zero-order valence-electron chi connectivity index (χ0n) is 12.4. The Balaban J connectivity index is 1.84. The van der Waals surface area contributed by atoms with Crippen LogP contribution in [0.3, 0.4) is 0 Å². The fourth-order valence-electron chi connectivity index (χ4n) is 2.37. The van der Waals surface area contributed by atoms with Gasteiger partial charge in [0.15, 0.2) is 0 Å². The Kier molecular flexibility index (Phi) is 6.21. The van der Waals surface area contributed by atoms with Crippen LogP contribution < -0.4 is 0 Å². The maximum atomic E-state index is 12.1. The quantitative estimate of drug-likeness (QED) is 0.639. The highest BCUT2D eigenvalue weighted by molar-refractivity contribution is 5.82. The van der Waals surface area contributed by atoms with Gasteiger partial charge in [0.2, 0.25) is 0 Å². The van der Waals surface area contributed by atoms with Crippen LogP contribution in [-0.2, 0) is 20.9 Å². The van der Waals surface area contributed by atoms with Crippen molar-refractivity contribution in [2.24, 2.45) is 0 Å². The maximum Gasteiger partial charge on any atom is 0.410 e. The van der Waals surface area contributed by atoms with Crippen molar-refractivity contribution in [1.29, 1.82) is 0 Å². The summed E-state index contributed by atoms with van der Waals surface area (Å²) in [6, 6.07) is 8.81. The average Bonchev–Trinajstić information content (AvgIpc) is 3.03. The summed E-state index contributed by atoms with van der Waals surface area (Å²) < 4.78 is 10.3. The molecule has 1 saturated heterocycles. The standard InChI is InChI=1S/C16H21NO5/c18-10-5-11-21-15(19)14-8-4-9-17(14)16(20)22-12-13-6-2-1-3-7-13/h1-3,6-7,14,18H,4-5,8-12H2/t14-/m1/s1. The van der Waals surface area contributed by atoms with Gasteiger partial charge in [-0.1, -0.05) is 30.3 Å². The molecule has 0 unspecified atom stereocenters.